The molecule has 2 aliphatic heterocycles. The summed E-state index contributed by atoms with van der Waals surface area (Å²) >= 11 is 0. The third-order valence-electron chi connectivity index (χ3n) is 7.07. The van der Waals surface area contributed by atoms with Crippen molar-refractivity contribution < 1.29 is 9.47 Å². The molecular weight excluding hydrogens is 384 g/mol. The van der Waals surface area contributed by atoms with E-state index in [9.17, 15) is 0 Å². The second kappa shape index (κ2) is 9.05. The van der Waals surface area contributed by atoms with Gasteiger partial charge in [0.05, 0.1) is 12.7 Å². The maximum Gasteiger partial charge on any atom is 0.104 e. The van der Waals surface area contributed by atoms with E-state index in [0.29, 0.717) is 12.7 Å². The first-order valence-electron chi connectivity index (χ1n) is 11.5. The summed E-state index contributed by atoms with van der Waals surface area (Å²) in [5.41, 5.74) is 12.7. The lowest BCUT2D eigenvalue weighted by Gasteiger charge is -2.37. The van der Waals surface area contributed by atoms with E-state index >= 15 is 0 Å². The molecule has 0 bridgehead atoms. The zero-order valence-corrected chi connectivity index (χ0v) is 19.4. The molecule has 0 spiro atoms. The Morgan fingerprint density at radius 2 is 1.84 bits per heavy atom. The number of ether oxygens (including phenoxy) is 2. The minimum atomic E-state index is -0.0344. The maximum atomic E-state index is 6.75. The van der Waals surface area contributed by atoms with Crippen LogP contribution in [0.1, 0.15) is 52.5 Å². The van der Waals surface area contributed by atoms with E-state index in [1.54, 1.807) is 0 Å². The highest BCUT2D eigenvalue weighted by molar-refractivity contribution is 5.58. The van der Waals surface area contributed by atoms with Crippen molar-refractivity contribution in [3.8, 4) is 0 Å². The number of piperidine rings is 1. The highest BCUT2D eigenvalue weighted by Crippen LogP contribution is 2.50. The van der Waals surface area contributed by atoms with Gasteiger partial charge in [0.25, 0.3) is 0 Å². The smallest absolute Gasteiger partial charge is 0.104 e. The van der Waals surface area contributed by atoms with Crippen molar-refractivity contribution in [2.75, 3.05) is 26.2 Å². The molecule has 0 aromatic heterocycles. The van der Waals surface area contributed by atoms with Gasteiger partial charge in [0.15, 0.2) is 0 Å². The minimum Gasteiger partial charge on any atom is -0.466 e. The van der Waals surface area contributed by atoms with Crippen molar-refractivity contribution in [3.05, 3.63) is 75.9 Å². The number of nitrogens with two attached hydrogens (primary N) is 1. The molecule has 0 amide bonds. The van der Waals surface area contributed by atoms with Gasteiger partial charge < -0.3 is 20.1 Å². The molecule has 1 fully saturated rings. The van der Waals surface area contributed by atoms with Gasteiger partial charge in [-0.3, -0.25) is 0 Å². The molecular formula is C27H36N2O2. The Bertz CT molecular complexity index is 933. The molecule has 3 aliphatic rings. The first-order valence-corrected chi connectivity index (χ1v) is 11.5. The largest absolute Gasteiger partial charge is 0.466 e. The van der Waals surface area contributed by atoms with E-state index < -0.39 is 0 Å². The van der Waals surface area contributed by atoms with Crippen LogP contribution in [0.5, 0.6) is 0 Å². The predicted octanol–water partition coefficient (Wildman–Crippen LogP) is 5.40. The number of benzene rings is 1. The van der Waals surface area contributed by atoms with Crippen LogP contribution in [0.15, 0.2) is 70.3 Å². The third kappa shape index (κ3) is 4.65. The second-order valence-electron chi connectivity index (χ2n) is 9.47. The van der Waals surface area contributed by atoms with Gasteiger partial charge in [0.1, 0.15) is 11.5 Å². The van der Waals surface area contributed by atoms with Crippen molar-refractivity contribution in [3.63, 3.8) is 0 Å². The molecule has 1 aliphatic carbocycles. The van der Waals surface area contributed by atoms with Gasteiger partial charge in [-0.1, -0.05) is 49.4 Å². The third-order valence-corrected chi connectivity index (χ3v) is 7.07. The normalized spacial score (nSPS) is 25.5. The van der Waals surface area contributed by atoms with E-state index in [2.05, 4.69) is 62.1 Å². The second-order valence-corrected chi connectivity index (χ2v) is 9.47. The molecule has 4 nitrogen and oxygen atoms in total. The maximum absolute atomic E-state index is 6.75. The fraction of sp³-hybridized carbons (Fsp3) is 0.481. The van der Waals surface area contributed by atoms with E-state index in [1.165, 1.54) is 22.3 Å². The Morgan fingerprint density at radius 3 is 2.55 bits per heavy atom. The van der Waals surface area contributed by atoms with Gasteiger partial charge in [-0.05, 0) is 51.2 Å². The van der Waals surface area contributed by atoms with E-state index in [-0.39, 0.29) is 5.41 Å². The van der Waals surface area contributed by atoms with E-state index in [1.807, 2.05) is 13.0 Å². The predicted molar refractivity (Wildman–Crippen MR) is 127 cm³/mol. The Balaban J connectivity index is 1.30. The fourth-order valence-corrected chi connectivity index (χ4v) is 5.12. The van der Waals surface area contributed by atoms with Crippen LogP contribution in [0.4, 0.5) is 0 Å². The van der Waals surface area contributed by atoms with Crippen molar-refractivity contribution >= 4 is 6.08 Å². The Labute approximate surface area is 187 Å². The topological polar surface area (TPSA) is 47.7 Å². The molecule has 1 aromatic carbocycles. The van der Waals surface area contributed by atoms with Crippen LogP contribution in [0.25, 0.3) is 6.08 Å². The van der Waals surface area contributed by atoms with Crippen LogP contribution < -0.4 is 5.73 Å². The van der Waals surface area contributed by atoms with Crippen molar-refractivity contribution in [1.29, 1.82) is 0 Å². The van der Waals surface area contributed by atoms with Crippen LogP contribution in [-0.4, -0.2) is 37.2 Å². The molecule has 2 N–H and O–H groups in total. The molecule has 0 radical (unpaired) electrons. The lowest BCUT2D eigenvalue weighted by atomic mass is 9.85. The molecule has 4 rings (SSSR count). The van der Waals surface area contributed by atoms with Crippen LogP contribution >= 0.6 is 0 Å². The zero-order valence-electron chi connectivity index (χ0n) is 19.4. The molecule has 2 heterocycles. The number of nitrogens with zero attached hydrogens (tertiary/aromatic N) is 1. The number of fused-ring (bicyclic) bond motifs is 1. The van der Waals surface area contributed by atoms with Gasteiger partial charge in [-0.15, -0.1) is 0 Å². The Kier molecular flexibility index (Phi) is 6.40. The number of rotatable bonds is 6. The lowest BCUT2D eigenvalue weighted by molar-refractivity contribution is 0.0152. The Hall–Kier alpha value is -2.30. The van der Waals surface area contributed by atoms with Gasteiger partial charge in [-0.25, -0.2) is 0 Å². The van der Waals surface area contributed by atoms with E-state index in [4.69, 9.17) is 15.2 Å². The first kappa shape index (κ1) is 21.9. The number of allylic oxidation sites excluding steroid dienone is 5. The summed E-state index contributed by atoms with van der Waals surface area (Å²) < 4.78 is 12.1. The summed E-state index contributed by atoms with van der Waals surface area (Å²) in [6, 6.07) is 10.4. The number of hydrogen-bond donors (Lipinski definition) is 1. The summed E-state index contributed by atoms with van der Waals surface area (Å²) in [5.74, 6) is 1.99. The van der Waals surface area contributed by atoms with Crippen LogP contribution in [-0.2, 0) is 9.47 Å². The summed E-state index contributed by atoms with van der Waals surface area (Å²) in [5, 5.41) is 0. The van der Waals surface area contributed by atoms with Crippen molar-refractivity contribution in [1.82, 2.24) is 4.90 Å². The molecule has 31 heavy (non-hydrogen) atoms. The average Bonchev–Trinajstić information content (AvgIpc) is 3.03. The SMILES string of the molecule is CC1=C(C)C2=C(N)C(C)(CN3CCC(OCC=Cc4ccccc4)CC3)CC2=C(C)O1. The van der Waals surface area contributed by atoms with Crippen molar-refractivity contribution in [2.24, 2.45) is 11.1 Å². The summed E-state index contributed by atoms with van der Waals surface area (Å²) in [4.78, 5) is 2.56. The average molecular weight is 421 g/mol. The molecule has 166 valence electrons. The fourth-order valence-electron chi connectivity index (χ4n) is 5.12. The summed E-state index contributed by atoms with van der Waals surface area (Å²) in [6.07, 6.45) is 7.71. The summed E-state index contributed by atoms with van der Waals surface area (Å²) in [6.45, 7) is 12.3. The lowest BCUT2D eigenvalue weighted by Crippen LogP contribution is -2.43. The molecule has 1 atom stereocenters. The number of hydrogen-bond acceptors (Lipinski definition) is 4. The molecule has 0 saturated carbocycles. The molecule has 1 unspecified atom stereocenters. The van der Waals surface area contributed by atoms with Gasteiger partial charge in [0, 0.05) is 41.9 Å². The van der Waals surface area contributed by atoms with Gasteiger partial charge in [-0.2, -0.15) is 0 Å². The van der Waals surface area contributed by atoms with Crippen molar-refractivity contribution in [2.45, 2.75) is 53.1 Å². The van der Waals surface area contributed by atoms with E-state index in [0.717, 1.165) is 56.1 Å². The Morgan fingerprint density at radius 1 is 1.13 bits per heavy atom. The zero-order chi connectivity index (χ0) is 22.0. The monoisotopic (exact) mass is 420 g/mol. The van der Waals surface area contributed by atoms with Crippen LogP contribution in [0.3, 0.4) is 0 Å². The standard InChI is InChI=1S/C27H36N2O2/c1-19-20(2)31-21(3)24-17-27(4,26(28)25(19)24)18-29-14-12-23(13-15-29)30-16-8-11-22-9-6-5-7-10-22/h5-11,23H,12-18,28H2,1-4H3. The molecule has 1 saturated heterocycles. The molecule has 4 heteroatoms. The van der Waals surface area contributed by atoms with Crippen LogP contribution in [0, 0.1) is 5.41 Å². The van der Waals surface area contributed by atoms with Crippen LogP contribution in [0.2, 0.25) is 0 Å². The molecule has 1 aromatic rings. The quantitative estimate of drug-likeness (QED) is 0.669. The highest BCUT2D eigenvalue weighted by atomic mass is 16.5. The number of likely N-dealkylation sites (tertiary alicyclic amines) is 1. The first-order chi connectivity index (χ1) is 14.9. The summed E-state index contributed by atoms with van der Waals surface area (Å²) in [7, 11) is 0. The minimum absolute atomic E-state index is 0.0344. The van der Waals surface area contributed by atoms with Gasteiger partial charge in [0.2, 0.25) is 0 Å². The van der Waals surface area contributed by atoms with Gasteiger partial charge >= 0.3 is 0 Å². The highest BCUT2D eigenvalue weighted by Gasteiger charge is 2.43.